The summed E-state index contributed by atoms with van der Waals surface area (Å²) in [6, 6.07) is 0. The Balaban J connectivity index is 2.09. The molecule has 17 heavy (non-hydrogen) atoms. The molecule has 2 atom stereocenters. The van der Waals surface area contributed by atoms with Crippen LogP contribution in [0.15, 0.2) is 0 Å². The molecule has 0 amide bonds. The van der Waals surface area contributed by atoms with Gasteiger partial charge in [-0.1, -0.05) is 13.8 Å². The lowest BCUT2D eigenvalue weighted by Gasteiger charge is -2.34. The SMILES string of the molecule is CCCN(CC)S(=O)(=O)N1CC2CCC(C1)O2. The van der Waals surface area contributed by atoms with Gasteiger partial charge in [0.2, 0.25) is 0 Å². The van der Waals surface area contributed by atoms with Gasteiger partial charge in [-0.3, -0.25) is 0 Å². The summed E-state index contributed by atoms with van der Waals surface area (Å²) in [7, 11) is -3.28. The maximum absolute atomic E-state index is 12.4. The highest BCUT2D eigenvalue weighted by Crippen LogP contribution is 2.28. The van der Waals surface area contributed by atoms with Gasteiger partial charge < -0.3 is 4.74 Å². The van der Waals surface area contributed by atoms with Crippen LogP contribution >= 0.6 is 0 Å². The van der Waals surface area contributed by atoms with Gasteiger partial charge >= 0.3 is 0 Å². The van der Waals surface area contributed by atoms with Crippen molar-refractivity contribution in [1.82, 2.24) is 8.61 Å². The molecule has 0 spiro atoms. The van der Waals surface area contributed by atoms with Crippen LogP contribution in [0, 0.1) is 0 Å². The summed E-state index contributed by atoms with van der Waals surface area (Å²) in [6.45, 7) is 6.09. The van der Waals surface area contributed by atoms with Crippen molar-refractivity contribution in [3.63, 3.8) is 0 Å². The molecule has 2 heterocycles. The Bertz CT molecular complexity index is 346. The van der Waals surface area contributed by atoms with Crippen molar-refractivity contribution in [3.05, 3.63) is 0 Å². The van der Waals surface area contributed by atoms with Crippen LogP contribution in [0.1, 0.15) is 33.1 Å². The first-order valence-corrected chi connectivity index (χ1v) is 7.88. The molecule has 6 heteroatoms. The Hall–Kier alpha value is -0.170. The molecular weight excluding hydrogens is 240 g/mol. The molecule has 0 saturated carbocycles. The van der Waals surface area contributed by atoms with Crippen molar-refractivity contribution in [2.45, 2.75) is 45.3 Å². The van der Waals surface area contributed by atoms with Gasteiger partial charge in [-0.2, -0.15) is 17.0 Å². The van der Waals surface area contributed by atoms with E-state index < -0.39 is 10.2 Å². The molecule has 0 N–H and O–H groups in total. The lowest BCUT2D eigenvalue weighted by atomic mass is 10.2. The van der Waals surface area contributed by atoms with E-state index in [2.05, 4.69) is 0 Å². The van der Waals surface area contributed by atoms with Gasteiger partial charge in [-0.25, -0.2) is 0 Å². The van der Waals surface area contributed by atoms with Gasteiger partial charge in [0.05, 0.1) is 12.2 Å². The zero-order valence-corrected chi connectivity index (χ0v) is 11.4. The van der Waals surface area contributed by atoms with E-state index >= 15 is 0 Å². The number of morpholine rings is 1. The van der Waals surface area contributed by atoms with Crippen molar-refractivity contribution in [1.29, 1.82) is 0 Å². The molecule has 2 saturated heterocycles. The van der Waals surface area contributed by atoms with E-state index in [0.717, 1.165) is 19.3 Å². The molecule has 2 aliphatic heterocycles. The van der Waals surface area contributed by atoms with Crippen molar-refractivity contribution in [2.75, 3.05) is 26.2 Å². The molecule has 0 aromatic carbocycles. The fourth-order valence-corrected chi connectivity index (χ4v) is 4.39. The third-order valence-corrected chi connectivity index (χ3v) is 5.53. The highest BCUT2D eigenvalue weighted by molar-refractivity contribution is 7.86. The zero-order valence-electron chi connectivity index (χ0n) is 10.6. The van der Waals surface area contributed by atoms with Gasteiger partial charge in [0.1, 0.15) is 0 Å². The van der Waals surface area contributed by atoms with Gasteiger partial charge in [0.25, 0.3) is 10.2 Å². The molecule has 0 aromatic rings. The fraction of sp³-hybridized carbons (Fsp3) is 1.00. The minimum absolute atomic E-state index is 0.115. The van der Waals surface area contributed by atoms with E-state index in [9.17, 15) is 8.42 Å². The Labute approximate surface area is 104 Å². The molecule has 5 nitrogen and oxygen atoms in total. The highest BCUT2D eigenvalue weighted by Gasteiger charge is 2.40. The second kappa shape index (κ2) is 5.22. The second-order valence-electron chi connectivity index (χ2n) is 4.77. The molecule has 2 aliphatic rings. The summed E-state index contributed by atoms with van der Waals surface area (Å²) < 4.78 is 33.7. The zero-order chi connectivity index (χ0) is 12.5. The lowest BCUT2D eigenvalue weighted by molar-refractivity contribution is -0.0131. The van der Waals surface area contributed by atoms with Crippen LogP contribution < -0.4 is 0 Å². The predicted molar refractivity (Wildman–Crippen MR) is 65.9 cm³/mol. The number of hydrogen-bond donors (Lipinski definition) is 0. The Kier molecular flexibility index (Phi) is 4.07. The van der Waals surface area contributed by atoms with E-state index in [1.165, 1.54) is 0 Å². The van der Waals surface area contributed by atoms with Crippen LogP contribution in [0.2, 0.25) is 0 Å². The normalized spacial score (nSPS) is 30.1. The molecule has 0 aromatic heterocycles. The molecule has 2 unspecified atom stereocenters. The van der Waals surface area contributed by atoms with Gasteiger partial charge in [0.15, 0.2) is 0 Å². The predicted octanol–water partition coefficient (Wildman–Crippen LogP) is 0.826. The Morgan fingerprint density at radius 1 is 1.24 bits per heavy atom. The summed E-state index contributed by atoms with van der Waals surface area (Å²) in [5, 5.41) is 0. The molecule has 100 valence electrons. The van der Waals surface area contributed by atoms with Gasteiger partial charge in [-0.05, 0) is 19.3 Å². The third-order valence-electron chi connectivity index (χ3n) is 3.49. The fourth-order valence-electron chi connectivity index (χ4n) is 2.62. The maximum Gasteiger partial charge on any atom is 0.282 e. The quantitative estimate of drug-likeness (QED) is 0.737. The van der Waals surface area contributed by atoms with Crippen LogP contribution in [0.3, 0.4) is 0 Å². The van der Waals surface area contributed by atoms with Crippen LogP contribution in [-0.2, 0) is 14.9 Å². The van der Waals surface area contributed by atoms with Crippen molar-refractivity contribution >= 4 is 10.2 Å². The minimum atomic E-state index is -3.28. The van der Waals surface area contributed by atoms with E-state index in [0.29, 0.717) is 26.2 Å². The van der Waals surface area contributed by atoms with Gasteiger partial charge in [0, 0.05) is 26.2 Å². The number of hydrogen-bond acceptors (Lipinski definition) is 3. The first-order chi connectivity index (χ1) is 8.07. The number of fused-ring (bicyclic) bond motifs is 2. The van der Waals surface area contributed by atoms with Crippen LogP contribution in [-0.4, -0.2) is 55.4 Å². The van der Waals surface area contributed by atoms with E-state index in [1.54, 1.807) is 8.61 Å². The first-order valence-electron chi connectivity index (χ1n) is 6.48. The van der Waals surface area contributed by atoms with E-state index in [4.69, 9.17) is 4.74 Å². The lowest BCUT2D eigenvalue weighted by Crippen LogP contribution is -2.51. The summed E-state index contributed by atoms with van der Waals surface area (Å²) in [5.41, 5.74) is 0. The molecule has 0 aliphatic carbocycles. The summed E-state index contributed by atoms with van der Waals surface area (Å²) >= 11 is 0. The topological polar surface area (TPSA) is 49.9 Å². The molecule has 0 radical (unpaired) electrons. The highest BCUT2D eigenvalue weighted by atomic mass is 32.2. The van der Waals surface area contributed by atoms with Crippen LogP contribution in [0.5, 0.6) is 0 Å². The average Bonchev–Trinajstić information content (AvgIpc) is 2.64. The molecule has 2 fully saturated rings. The minimum Gasteiger partial charge on any atom is -0.372 e. The summed E-state index contributed by atoms with van der Waals surface area (Å²) in [5.74, 6) is 0. The van der Waals surface area contributed by atoms with Crippen molar-refractivity contribution in [3.8, 4) is 0 Å². The standard InChI is InChI=1S/C11H22N2O3S/c1-3-7-12(4-2)17(14,15)13-8-10-5-6-11(9-13)16-10/h10-11H,3-9H2,1-2H3. The van der Waals surface area contributed by atoms with Crippen molar-refractivity contribution < 1.29 is 13.2 Å². The largest absolute Gasteiger partial charge is 0.372 e. The molecule has 2 rings (SSSR count). The maximum atomic E-state index is 12.4. The second-order valence-corrected chi connectivity index (χ2v) is 6.70. The number of rotatable bonds is 5. The van der Waals surface area contributed by atoms with Crippen molar-refractivity contribution in [2.24, 2.45) is 0 Å². The third kappa shape index (κ3) is 2.65. The molecule has 2 bridgehead atoms. The molecular formula is C11H22N2O3S. The first kappa shape index (κ1) is 13.3. The monoisotopic (exact) mass is 262 g/mol. The Morgan fingerprint density at radius 3 is 2.29 bits per heavy atom. The Morgan fingerprint density at radius 2 is 1.82 bits per heavy atom. The van der Waals surface area contributed by atoms with Gasteiger partial charge in [-0.15, -0.1) is 0 Å². The smallest absolute Gasteiger partial charge is 0.282 e. The van der Waals surface area contributed by atoms with Crippen LogP contribution in [0.4, 0.5) is 0 Å². The number of nitrogens with zero attached hydrogens (tertiary/aromatic N) is 2. The van der Waals surface area contributed by atoms with E-state index in [-0.39, 0.29) is 12.2 Å². The summed E-state index contributed by atoms with van der Waals surface area (Å²) in [6.07, 6.45) is 3.07. The summed E-state index contributed by atoms with van der Waals surface area (Å²) in [4.78, 5) is 0. The van der Waals surface area contributed by atoms with E-state index in [1.807, 2.05) is 13.8 Å². The van der Waals surface area contributed by atoms with Crippen LogP contribution in [0.25, 0.3) is 0 Å². The number of ether oxygens (including phenoxy) is 1. The average molecular weight is 262 g/mol.